The summed E-state index contributed by atoms with van der Waals surface area (Å²) < 4.78 is 6.37. The van der Waals surface area contributed by atoms with E-state index >= 15 is 0 Å². The molecule has 3 N–H and O–H groups in total. The highest BCUT2D eigenvalue weighted by Crippen LogP contribution is 2.38. The van der Waals surface area contributed by atoms with Crippen LogP contribution < -0.4 is 10.2 Å². The minimum absolute atomic E-state index is 0.209. The molecule has 0 aliphatic carbocycles. The van der Waals surface area contributed by atoms with Gasteiger partial charge in [-0.15, -0.1) is 0 Å². The van der Waals surface area contributed by atoms with Crippen LogP contribution in [0.2, 0.25) is 18.1 Å². The molecule has 0 aliphatic rings. The summed E-state index contributed by atoms with van der Waals surface area (Å²) in [4.78, 5) is 3.29. The Bertz CT molecular complexity index is 596. The van der Waals surface area contributed by atoms with Crippen LogP contribution in [0.25, 0.3) is 10.9 Å². The van der Waals surface area contributed by atoms with Crippen LogP contribution in [0.4, 0.5) is 0 Å². The molecule has 0 fully saturated rings. The molecule has 0 saturated carbocycles. The predicted octanol–water partition coefficient (Wildman–Crippen LogP) is 4.05. The Balaban J connectivity index is 2.34. The maximum atomic E-state index is 6.37. The summed E-state index contributed by atoms with van der Waals surface area (Å²) in [7, 11) is -1.78. The second-order valence-corrected chi connectivity index (χ2v) is 11.6. The van der Waals surface area contributed by atoms with Gasteiger partial charge in [-0.05, 0) is 54.9 Å². The summed E-state index contributed by atoms with van der Waals surface area (Å²) in [5.74, 6) is 0.974. The van der Waals surface area contributed by atoms with E-state index in [2.05, 4.69) is 57.0 Å². The molecule has 1 aromatic carbocycles. The molecule has 0 saturated heterocycles. The van der Waals surface area contributed by atoms with Crippen molar-refractivity contribution in [3.05, 3.63) is 30.0 Å². The normalized spacial score (nSPS) is 12.9. The van der Waals surface area contributed by atoms with Gasteiger partial charge in [0.2, 0.25) is 8.32 Å². The quantitative estimate of drug-likeness (QED) is 0.835. The van der Waals surface area contributed by atoms with E-state index in [0.717, 1.165) is 17.7 Å². The van der Waals surface area contributed by atoms with Gasteiger partial charge < -0.3 is 15.1 Å². The largest absolute Gasteiger partial charge is 0.543 e. The van der Waals surface area contributed by atoms with E-state index in [4.69, 9.17) is 10.2 Å². The van der Waals surface area contributed by atoms with Gasteiger partial charge in [0.1, 0.15) is 5.75 Å². The van der Waals surface area contributed by atoms with Crippen molar-refractivity contribution in [3.8, 4) is 5.75 Å². The van der Waals surface area contributed by atoms with Crippen LogP contribution in [-0.2, 0) is 6.42 Å². The fourth-order valence-corrected chi connectivity index (χ4v) is 3.05. The lowest BCUT2D eigenvalue weighted by atomic mass is 10.1. The van der Waals surface area contributed by atoms with E-state index in [0.29, 0.717) is 6.54 Å². The first-order valence-electron chi connectivity index (χ1n) is 7.24. The number of nitrogens with two attached hydrogens (primary N) is 1. The van der Waals surface area contributed by atoms with Gasteiger partial charge in [-0.3, -0.25) is 0 Å². The lowest BCUT2D eigenvalue weighted by Crippen LogP contribution is -2.43. The molecule has 0 amide bonds. The molecule has 2 aromatic rings. The van der Waals surface area contributed by atoms with Gasteiger partial charge in [0.05, 0.1) is 0 Å². The zero-order valence-electron chi connectivity index (χ0n) is 13.2. The Hall–Kier alpha value is -1.26. The van der Waals surface area contributed by atoms with Gasteiger partial charge in [-0.2, -0.15) is 0 Å². The summed E-state index contributed by atoms with van der Waals surface area (Å²) in [5, 5.41) is 1.44. The molecule has 20 heavy (non-hydrogen) atoms. The maximum absolute atomic E-state index is 6.37. The zero-order chi connectivity index (χ0) is 15.0. The fourth-order valence-electron chi connectivity index (χ4n) is 2.03. The molecule has 0 unspecified atom stereocenters. The summed E-state index contributed by atoms with van der Waals surface area (Å²) in [6, 6.07) is 6.31. The second kappa shape index (κ2) is 5.26. The van der Waals surface area contributed by atoms with Crippen LogP contribution in [0.3, 0.4) is 0 Å². The number of hydrogen-bond acceptors (Lipinski definition) is 2. The monoisotopic (exact) mass is 290 g/mol. The van der Waals surface area contributed by atoms with E-state index in [1.54, 1.807) is 0 Å². The van der Waals surface area contributed by atoms with Crippen LogP contribution in [0, 0.1) is 0 Å². The Labute approximate surface area is 122 Å². The first-order valence-corrected chi connectivity index (χ1v) is 10.1. The van der Waals surface area contributed by atoms with Gasteiger partial charge in [-0.1, -0.05) is 20.8 Å². The van der Waals surface area contributed by atoms with Gasteiger partial charge in [0.25, 0.3) is 0 Å². The first kappa shape index (κ1) is 15.1. The standard InChI is InChI=1S/C16H26N2OSi/c1-16(2,3)20(4,5)19-13-6-7-15-14(10-13)12(8-9-17)11-18-15/h6-7,10-11,18H,8-9,17H2,1-5H3. The fraction of sp³-hybridized carbons (Fsp3) is 0.500. The number of rotatable bonds is 4. The Morgan fingerprint density at radius 2 is 1.95 bits per heavy atom. The topological polar surface area (TPSA) is 51.0 Å². The van der Waals surface area contributed by atoms with Crippen molar-refractivity contribution in [1.82, 2.24) is 4.98 Å². The number of nitrogens with one attached hydrogen (secondary N) is 1. The zero-order valence-corrected chi connectivity index (χ0v) is 14.2. The molecule has 0 aliphatic heterocycles. The molecule has 3 nitrogen and oxygen atoms in total. The molecule has 0 radical (unpaired) electrons. The molecule has 2 rings (SSSR count). The van der Waals surface area contributed by atoms with Crippen molar-refractivity contribution in [2.75, 3.05) is 6.54 Å². The highest BCUT2D eigenvalue weighted by molar-refractivity contribution is 6.74. The maximum Gasteiger partial charge on any atom is 0.250 e. The van der Waals surface area contributed by atoms with Crippen molar-refractivity contribution in [2.45, 2.75) is 45.3 Å². The van der Waals surface area contributed by atoms with Gasteiger partial charge >= 0.3 is 0 Å². The summed E-state index contributed by atoms with van der Waals surface area (Å²) in [6.45, 7) is 12.0. The average molecular weight is 290 g/mol. The molecule has 1 aromatic heterocycles. The van der Waals surface area contributed by atoms with Crippen LogP contribution in [0.1, 0.15) is 26.3 Å². The van der Waals surface area contributed by atoms with E-state index in [1.807, 2.05) is 6.20 Å². The van der Waals surface area contributed by atoms with Crippen molar-refractivity contribution in [3.63, 3.8) is 0 Å². The van der Waals surface area contributed by atoms with Crippen molar-refractivity contribution < 1.29 is 4.43 Å². The van der Waals surface area contributed by atoms with Crippen LogP contribution in [0.15, 0.2) is 24.4 Å². The van der Waals surface area contributed by atoms with Crippen LogP contribution in [0.5, 0.6) is 5.75 Å². The molecule has 4 heteroatoms. The average Bonchev–Trinajstić information content (AvgIpc) is 2.71. The third kappa shape index (κ3) is 2.91. The highest BCUT2D eigenvalue weighted by atomic mass is 28.4. The number of aromatic amines is 1. The Morgan fingerprint density at radius 1 is 1.25 bits per heavy atom. The van der Waals surface area contributed by atoms with E-state index < -0.39 is 8.32 Å². The SMILES string of the molecule is CC(C)(C)[Si](C)(C)Oc1ccc2[nH]cc(CCN)c2c1. The van der Waals surface area contributed by atoms with Crippen molar-refractivity contribution in [2.24, 2.45) is 5.73 Å². The van der Waals surface area contributed by atoms with Crippen LogP contribution in [-0.4, -0.2) is 19.8 Å². The minimum atomic E-state index is -1.78. The summed E-state index contributed by atoms with van der Waals surface area (Å²) in [5.41, 5.74) is 8.09. The van der Waals surface area contributed by atoms with Gasteiger partial charge in [0.15, 0.2) is 0 Å². The molecule has 0 spiro atoms. The number of benzene rings is 1. The molecular formula is C16H26N2OSi. The molecular weight excluding hydrogens is 264 g/mol. The summed E-state index contributed by atoms with van der Waals surface area (Å²) in [6.07, 6.45) is 2.94. The second-order valence-electron chi connectivity index (χ2n) is 6.92. The predicted molar refractivity (Wildman–Crippen MR) is 88.9 cm³/mol. The molecule has 0 bridgehead atoms. The van der Waals surface area contributed by atoms with Crippen LogP contribution >= 0.6 is 0 Å². The Morgan fingerprint density at radius 3 is 2.55 bits per heavy atom. The number of H-pyrrole nitrogens is 1. The molecule has 110 valence electrons. The number of fused-ring (bicyclic) bond motifs is 1. The van der Waals surface area contributed by atoms with Crippen molar-refractivity contribution in [1.29, 1.82) is 0 Å². The van der Waals surface area contributed by atoms with E-state index in [1.165, 1.54) is 10.9 Å². The number of hydrogen-bond donors (Lipinski definition) is 2. The third-order valence-corrected chi connectivity index (χ3v) is 8.69. The van der Waals surface area contributed by atoms with E-state index in [-0.39, 0.29) is 5.04 Å². The third-order valence-electron chi connectivity index (χ3n) is 4.33. The first-order chi connectivity index (χ1) is 9.24. The lowest BCUT2D eigenvalue weighted by molar-refractivity contribution is 0.493. The Kier molecular flexibility index (Phi) is 3.98. The smallest absolute Gasteiger partial charge is 0.250 e. The molecule has 1 heterocycles. The van der Waals surface area contributed by atoms with Gasteiger partial charge in [-0.25, -0.2) is 0 Å². The van der Waals surface area contributed by atoms with E-state index in [9.17, 15) is 0 Å². The number of aromatic nitrogens is 1. The van der Waals surface area contributed by atoms with Crippen molar-refractivity contribution >= 4 is 19.2 Å². The molecule has 0 atom stereocenters. The highest BCUT2D eigenvalue weighted by Gasteiger charge is 2.38. The van der Waals surface area contributed by atoms with Gasteiger partial charge in [0, 0.05) is 17.1 Å². The lowest BCUT2D eigenvalue weighted by Gasteiger charge is -2.36. The summed E-state index contributed by atoms with van der Waals surface area (Å²) >= 11 is 0. The minimum Gasteiger partial charge on any atom is -0.543 e.